The van der Waals surface area contributed by atoms with Gasteiger partial charge < -0.3 is 15.0 Å². The molecule has 1 amide bonds. The fourth-order valence-corrected chi connectivity index (χ4v) is 2.65. The lowest BCUT2D eigenvalue weighted by Crippen LogP contribution is -2.46. The van der Waals surface area contributed by atoms with Crippen LogP contribution in [0.1, 0.15) is 32.1 Å². The summed E-state index contributed by atoms with van der Waals surface area (Å²) in [5.41, 5.74) is 0. The van der Waals surface area contributed by atoms with Crippen LogP contribution in [0, 0.1) is 0 Å². The van der Waals surface area contributed by atoms with Crippen LogP contribution in [0.15, 0.2) is 0 Å². The Kier molecular flexibility index (Phi) is 2.86. The van der Waals surface area contributed by atoms with E-state index in [4.69, 9.17) is 4.74 Å². The van der Waals surface area contributed by atoms with Crippen molar-refractivity contribution < 1.29 is 9.53 Å². The van der Waals surface area contributed by atoms with E-state index in [1.807, 2.05) is 4.90 Å². The van der Waals surface area contributed by atoms with Gasteiger partial charge in [-0.2, -0.15) is 0 Å². The number of carbonyl (C=O) groups is 1. The van der Waals surface area contributed by atoms with E-state index >= 15 is 0 Å². The number of rotatable bonds is 4. The monoisotopic (exact) mass is 224 g/mol. The zero-order valence-corrected chi connectivity index (χ0v) is 9.65. The molecule has 0 radical (unpaired) electrons. The highest BCUT2D eigenvalue weighted by Crippen LogP contribution is 2.26. The first kappa shape index (κ1) is 10.5. The third-order valence-electron chi connectivity index (χ3n) is 3.75. The number of amides is 1. The number of carbonyl (C=O) groups excluding carboxylic acids is 1. The molecule has 2 unspecified atom stereocenters. The summed E-state index contributed by atoms with van der Waals surface area (Å²) in [5.74, 6) is 0.299. The molecule has 0 aromatic rings. The van der Waals surface area contributed by atoms with E-state index in [1.54, 1.807) is 0 Å². The van der Waals surface area contributed by atoms with Crippen molar-refractivity contribution in [1.82, 2.24) is 10.2 Å². The van der Waals surface area contributed by atoms with Crippen molar-refractivity contribution in [1.29, 1.82) is 0 Å². The Balaban J connectivity index is 1.43. The van der Waals surface area contributed by atoms with Gasteiger partial charge in [-0.15, -0.1) is 0 Å². The van der Waals surface area contributed by atoms with Crippen LogP contribution in [0.3, 0.4) is 0 Å². The van der Waals surface area contributed by atoms with Crippen LogP contribution in [-0.2, 0) is 9.53 Å². The van der Waals surface area contributed by atoms with Gasteiger partial charge in [0.1, 0.15) is 0 Å². The van der Waals surface area contributed by atoms with E-state index in [0.717, 1.165) is 32.5 Å². The number of nitrogens with one attached hydrogen (secondary N) is 1. The summed E-state index contributed by atoms with van der Waals surface area (Å²) in [7, 11) is 0. The van der Waals surface area contributed by atoms with E-state index in [2.05, 4.69) is 5.32 Å². The van der Waals surface area contributed by atoms with Gasteiger partial charge in [0.15, 0.2) is 0 Å². The van der Waals surface area contributed by atoms with Crippen molar-refractivity contribution >= 4 is 5.91 Å². The van der Waals surface area contributed by atoms with Gasteiger partial charge in [-0.1, -0.05) is 0 Å². The van der Waals surface area contributed by atoms with Crippen molar-refractivity contribution in [2.24, 2.45) is 0 Å². The zero-order valence-electron chi connectivity index (χ0n) is 9.65. The molecule has 2 atom stereocenters. The molecular formula is C12H20N2O2. The van der Waals surface area contributed by atoms with Gasteiger partial charge in [0.25, 0.3) is 0 Å². The summed E-state index contributed by atoms with van der Waals surface area (Å²) in [6.07, 6.45) is 6.13. The van der Waals surface area contributed by atoms with Gasteiger partial charge in [-0.25, -0.2) is 0 Å². The Bertz CT molecular complexity index is 266. The first-order valence-electron chi connectivity index (χ1n) is 6.48. The minimum Gasteiger partial charge on any atom is -0.371 e. The lowest BCUT2D eigenvalue weighted by atomic mass is 10.2. The van der Waals surface area contributed by atoms with Gasteiger partial charge in [0.05, 0.1) is 12.2 Å². The number of likely N-dealkylation sites (tertiary alicyclic amines) is 1. The molecule has 90 valence electrons. The third-order valence-corrected chi connectivity index (χ3v) is 3.75. The fourth-order valence-electron chi connectivity index (χ4n) is 2.65. The Labute approximate surface area is 96.3 Å². The summed E-state index contributed by atoms with van der Waals surface area (Å²) < 4.78 is 5.72. The van der Waals surface area contributed by atoms with E-state index in [9.17, 15) is 4.79 Å². The van der Waals surface area contributed by atoms with E-state index in [-0.39, 0.29) is 0 Å². The number of hydrogen-bond donors (Lipinski definition) is 1. The SMILES string of the molecule is O=C(CCNC1CC1)N1CC2CCC(C1)O2. The summed E-state index contributed by atoms with van der Waals surface area (Å²) in [4.78, 5) is 13.9. The number of morpholine rings is 1. The molecule has 0 aromatic heterocycles. The molecule has 2 heterocycles. The minimum absolute atomic E-state index is 0.299. The first-order chi connectivity index (χ1) is 7.81. The molecular weight excluding hydrogens is 204 g/mol. The third kappa shape index (κ3) is 2.38. The van der Waals surface area contributed by atoms with Gasteiger partial charge in [0, 0.05) is 32.1 Å². The molecule has 3 fully saturated rings. The normalized spacial score (nSPS) is 33.1. The van der Waals surface area contributed by atoms with Gasteiger partial charge in [-0.3, -0.25) is 4.79 Å². The van der Waals surface area contributed by atoms with E-state index < -0.39 is 0 Å². The highest BCUT2D eigenvalue weighted by atomic mass is 16.5. The summed E-state index contributed by atoms with van der Waals surface area (Å²) in [6.45, 7) is 2.48. The Morgan fingerprint density at radius 3 is 2.50 bits per heavy atom. The van der Waals surface area contributed by atoms with Crippen LogP contribution in [0.5, 0.6) is 0 Å². The first-order valence-corrected chi connectivity index (χ1v) is 6.48. The van der Waals surface area contributed by atoms with Crippen LogP contribution >= 0.6 is 0 Å². The number of fused-ring (bicyclic) bond motifs is 2. The predicted molar refractivity (Wildman–Crippen MR) is 60.1 cm³/mol. The second kappa shape index (κ2) is 4.34. The summed E-state index contributed by atoms with van der Waals surface area (Å²) in [6, 6.07) is 0.702. The maximum atomic E-state index is 11.9. The summed E-state index contributed by atoms with van der Waals surface area (Å²) in [5, 5.41) is 3.39. The molecule has 3 rings (SSSR count). The maximum Gasteiger partial charge on any atom is 0.224 e. The molecule has 1 saturated carbocycles. The second-order valence-corrected chi connectivity index (χ2v) is 5.23. The molecule has 0 aromatic carbocycles. The molecule has 4 nitrogen and oxygen atoms in total. The highest BCUT2D eigenvalue weighted by Gasteiger charge is 2.35. The molecule has 1 N–H and O–H groups in total. The van der Waals surface area contributed by atoms with Crippen molar-refractivity contribution in [3.8, 4) is 0 Å². The molecule has 2 bridgehead atoms. The Morgan fingerprint density at radius 1 is 1.19 bits per heavy atom. The Hall–Kier alpha value is -0.610. The Morgan fingerprint density at radius 2 is 1.88 bits per heavy atom. The van der Waals surface area contributed by atoms with Crippen LogP contribution in [0.25, 0.3) is 0 Å². The quantitative estimate of drug-likeness (QED) is 0.757. The van der Waals surface area contributed by atoms with E-state index in [1.165, 1.54) is 12.8 Å². The van der Waals surface area contributed by atoms with Crippen LogP contribution in [0.4, 0.5) is 0 Å². The number of ether oxygens (including phenoxy) is 1. The lowest BCUT2D eigenvalue weighted by molar-refractivity contribution is -0.139. The molecule has 3 aliphatic rings. The van der Waals surface area contributed by atoms with Gasteiger partial charge >= 0.3 is 0 Å². The predicted octanol–water partition coefficient (Wildman–Crippen LogP) is 0.518. The average Bonchev–Trinajstić information content (AvgIpc) is 3.04. The van der Waals surface area contributed by atoms with E-state index in [0.29, 0.717) is 30.6 Å². The van der Waals surface area contributed by atoms with Gasteiger partial charge in [0.2, 0.25) is 5.91 Å². The standard InChI is InChI=1S/C12H20N2O2/c15-12(5-6-13-9-1-2-9)14-7-10-3-4-11(8-14)16-10/h9-11,13H,1-8H2. The molecule has 2 saturated heterocycles. The second-order valence-electron chi connectivity index (χ2n) is 5.23. The summed E-state index contributed by atoms with van der Waals surface area (Å²) >= 11 is 0. The van der Waals surface area contributed by atoms with Gasteiger partial charge in [-0.05, 0) is 25.7 Å². The van der Waals surface area contributed by atoms with Crippen molar-refractivity contribution in [3.05, 3.63) is 0 Å². The average molecular weight is 224 g/mol. The smallest absolute Gasteiger partial charge is 0.224 e. The van der Waals surface area contributed by atoms with Crippen molar-refractivity contribution in [2.75, 3.05) is 19.6 Å². The largest absolute Gasteiger partial charge is 0.371 e. The van der Waals surface area contributed by atoms with Crippen LogP contribution in [0.2, 0.25) is 0 Å². The maximum absolute atomic E-state index is 11.9. The number of hydrogen-bond acceptors (Lipinski definition) is 3. The fraction of sp³-hybridized carbons (Fsp3) is 0.917. The minimum atomic E-state index is 0.299. The lowest BCUT2D eigenvalue weighted by Gasteiger charge is -2.32. The zero-order chi connectivity index (χ0) is 11.0. The van der Waals surface area contributed by atoms with Crippen LogP contribution in [-0.4, -0.2) is 48.7 Å². The molecule has 16 heavy (non-hydrogen) atoms. The molecule has 1 aliphatic carbocycles. The molecule has 4 heteroatoms. The van der Waals surface area contributed by atoms with Crippen molar-refractivity contribution in [3.63, 3.8) is 0 Å². The van der Waals surface area contributed by atoms with Crippen molar-refractivity contribution in [2.45, 2.75) is 50.4 Å². The molecule has 0 spiro atoms. The van der Waals surface area contributed by atoms with Crippen LogP contribution < -0.4 is 5.32 Å². The number of nitrogens with zero attached hydrogens (tertiary/aromatic N) is 1. The highest BCUT2D eigenvalue weighted by molar-refractivity contribution is 5.76. The topological polar surface area (TPSA) is 41.6 Å². The molecule has 2 aliphatic heterocycles.